The van der Waals surface area contributed by atoms with E-state index in [0.717, 1.165) is 47.9 Å². The molecular formula is C23H19N3O4. The lowest BCUT2D eigenvalue weighted by atomic mass is 10.0. The average molecular weight is 401 g/mol. The zero-order chi connectivity index (χ0) is 20.5. The molecule has 150 valence electrons. The summed E-state index contributed by atoms with van der Waals surface area (Å²) >= 11 is 0. The van der Waals surface area contributed by atoms with Gasteiger partial charge >= 0.3 is 11.6 Å². The normalized spacial score (nSPS) is 13.8. The Kier molecular flexibility index (Phi) is 4.63. The molecule has 2 aromatic carbocycles. The Morgan fingerprint density at radius 1 is 1.03 bits per heavy atom. The number of fused-ring (bicyclic) bond motifs is 3. The molecule has 0 bridgehead atoms. The van der Waals surface area contributed by atoms with Crippen molar-refractivity contribution in [1.82, 2.24) is 10.2 Å². The predicted octanol–water partition coefficient (Wildman–Crippen LogP) is 3.69. The van der Waals surface area contributed by atoms with Gasteiger partial charge in [-0.15, -0.1) is 10.2 Å². The summed E-state index contributed by atoms with van der Waals surface area (Å²) in [5.74, 6) is 0.180. The highest BCUT2D eigenvalue weighted by molar-refractivity contribution is 6.07. The molecule has 4 aromatic rings. The van der Waals surface area contributed by atoms with E-state index >= 15 is 0 Å². The fourth-order valence-corrected chi connectivity index (χ4v) is 3.90. The summed E-state index contributed by atoms with van der Waals surface area (Å²) in [6.45, 7) is 1.84. The second-order valence-electron chi connectivity index (χ2n) is 7.30. The van der Waals surface area contributed by atoms with E-state index in [4.69, 9.17) is 9.15 Å². The van der Waals surface area contributed by atoms with Crippen LogP contribution in [0.2, 0.25) is 0 Å². The highest BCUT2D eigenvalue weighted by Gasteiger charge is 2.17. The van der Waals surface area contributed by atoms with Gasteiger partial charge in [0.05, 0.1) is 0 Å². The Morgan fingerprint density at radius 3 is 2.67 bits per heavy atom. The number of nitrogens with zero attached hydrogens (tertiary/aromatic N) is 3. The van der Waals surface area contributed by atoms with Gasteiger partial charge < -0.3 is 14.1 Å². The van der Waals surface area contributed by atoms with Crippen molar-refractivity contribution in [1.29, 1.82) is 0 Å². The number of carbonyl (C=O) groups is 1. The van der Waals surface area contributed by atoms with Crippen molar-refractivity contribution < 1.29 is 13.9 Å². The first-order chi connectivity index (χ1) is 14.7. The van der Waals surface area contributed by atoms with Crippen molar-refractivity contribution in [3.63, 3.8) is 0 Å². The van der Waals surface area contributed by atoms with E-state index in [1.54, 1.807) is 18.2 Å². The summed E-state index contributed by atoms with van der Waals surface area (Å²) in [4.78, 5) is 26.6. The van der Waals surface area contributed by atoms with E-state index in [2.05, 4.69) is 15.1 Å². The number of ether oxygens (including phenoxy) is 1. The SMILES string of the molecule is O=C(OCc1cc(=O)oc2ccc3ccccc3c12)c1ccc(N2CCCC2)nn1. The molecule has 30 heavy (non-hydrogen) atoms. The standard InChI is InChI=1S/C23H19N3O4/c27-21-13-16(22-17-6-2-1-5-15(17)7-9-19(22)30-21)14-29-23(28)18-8-10-20(25-24-18)26-11-3-4-12-26/h1-2,5-10,13H,3-4,11-12,14H2. The van der Waals surface area contributed by atoms with Gasteiger partial charge in [-0.25, -0.2) is 9.59 Å². The van der Waals surface area contributed by atoms with E-state index < -0.39 is 11.6 Å². The van der Waals surface area contributed by atoms with Gasteiger partial charge in [-0.05, 0) is 41.8 Å². The Bertz CT molecular complexity index is 1290. The van der Waals surface area contributed by atoms with Crippen LogP contribution in [0.25, 0.3) is 21.7 Å². The summed E-state index contributed by atoms with van der Waals surface area (Å²) < 4.78 is 10.8. The Balaban J connectivity index is 1.41. The lowest BCUT2D eigenvalue weighted by molar-refractivity contribution is 0.0465. The van der Waals surface area contributed by atoms with Crippen LogP contribution in [0.3, 0.4) is 0 Å². The average Bonchev–Trinajstić information content (AvgIpc) is 3.32. The van der Waals surface area contributed by atoms with Crippen LogP contribution in [0.4, 0.5) is 5.82 Å². The summed E-state index contributed by atoms with van der Waals surface area (Å²) in [5.41, 5.74) is 0.698. The number of rotatable bonds is 4. The molecule has 0 unspecified atom stereocenters. The maximum absolute atomic E-state index is 12.5. The topological polar surface area (TPSA) is 85.5 Å². The minimum atomic E-state index is -0.586. The zero-order valence-corrected chi connectivity index (χ0v) is 16.2. The van der Waals surface area contributed by atoms with Gasteiger partial charge in [-0.1, -0.05) is 30.3 Å². The molecule has 1 fully saturated rings. The van der Waals surface area contributed by atoms with E-state index in [0.29, 0.717) is 11.1 Å². The second kappa shape index (κ2) is 7.59. The molecule has 7 heteroatoms. The first-order valence-electron chi connectivity index (χ1n) is 9.89. The van der Waals surface area contributed by atoms with Crippen LogP contribution in [-0.2, 0) is 11.3 Å². The molecule has 2 aromatic heterocycles. The summed E-state index contributed by atoms with van der Waals surface area (Å²) in [6, 6.07) is 16.2. The van der Waals surface area contributed by atoms with Crippen molar-refractivity contribution in [3.8, 4) is 0 Å². The maximum Gasteiger partial charge on any atom is 0.359 e. The van der Waals surface area contributed by atoms with Gasteiger partial charge in [0, 0.05) is 30.1 Å². The molecule has 0 spiro atoms. The summed E-state index contributed by atoms with van der Waals surface area (Å²) in [6.07, 6.45) is 2.28. The fourth-order valence-electron chi connectivity index (χ4n) is 3.90. The van der Waals surface area contributed by atoms with Crippen molar-refractivity contribution in [2.45, 2.75) is 19.4 Å². The predicted molar refractivity (Wildman–Crippen MR) is 113 cm³/mol. The van der Waals surface area contributed by atoms with Crippen molar-refractivity contribution >= 4 is 33.5 Å². The number of hydrogen-bond donors (Lipinski definition) is 0. The molecule has 0 radical (unpaired) electrons. The van der Waals surface area contributed by atoms with Crippen LogP contribution in [0.1, 0.15) is 28.9 Å². The van der Waals surface area contributed by atoms with Gasteiger partial charge in [0.1, 0.15) is 12.2 Å². The van der Waals surface area contributed by atoms with E-state index in [1.165, 1.54) is 6.07 Å². The quantitative estimate of drug-likeness (QED) is 0.293. The molecular weight excluding hydrogens is 382 g/mol. The fraction of sp³-hybridized carbons (Fsp3) is 0.217. The van der Waals surface area contributed by atoms with Crippen LogP contribution in [0.5, 0.6) is 0 Å². The molecule has 0 amide bonds. The summed E-state index contributed by atoms with van der Waals surface area (Å²) in [5, 5.41) is 10.9. The minimum absolute atomic E-state index is 0.0650. The van der Waals surface area contributed by atoms with Crippen molar-refractivity contribution in [3.05, 3.63) is 76.3 Å². The molecule has 3 heterocycles. The number of anilines is 1. The van der Waals surface area contributed by atoms with E-state index in [1.807, 2.05) is 30.3 Å². The molecule has 0 aliphatic carbocycles. The molecule has 1 aliphatic rings. The first-order valence-corrected chi connectivity index (χ1v) is 9.89. The molecule has 7 nitrogen and oxygen atoms in total. The van der Waals surface area contributed by atoms with Crippen molar-refractivity contribution in [2.24, 2.45) is 0 Å². The number of hydrogen-bond acceptors (Lipinski definition) is 7. The minimum Gasteiger partial charge on any atom is -0.456 e. The smallest absolute Gasteiger partial charge is 0.359 e. The Morgan fingerprint density at radius 2 is 1.87 bits per heavy atom. The lowest BCUT2D eigenvalue weighted by Crippen LogP contribution is -2.20. The van der Waals surface area contributed by atoms with Gasteiger partial charge in [0.25, 0.3) is 0 Å². The Hall–Kier alpha value is -3.74. The number of benzene rings is 2. The lowest BCUT2D eigenvalue weighted by Gasteiger charge is -2.15. The number of carbonyl (C=O) groups excluding carboxylic acids is 1. The molecule has 0 atom stereocenters. The highest BCUT2D eigenvalue weighted by Crippen LogP contribution is 2.28. The number of esters is 1. The summed E-state index contributed by atoms with van der Waals surface area (Å²) in [7, 11) is 0. The van der Waals surface area contributed by atoms with Crippen LogP contribution in [0.15, 0.2) is 63.8 Å². The zero-order valence-electron chi connectivity index (χ0n) is 16.2. The molecule has 1 aliphatic heterocycles. The highest BCUT2D eigenvalue weighted by atomic mass is 16.5. The van der Waals surface area contributed by atoms with Crippen LogP contribution in [-0.4, -0.2) is 29.3 Å². The van der Waals surface area contributed by atoms with Crippen molar-refractivity contribution in [2.75, 3.05) is 18.0 Å². The van der Waals surface area contributed by atoms with E-state index in [9.17, 15) is 9.59 Å². The van der Waals surface area contributed by atoms with Gasteiger partial charge in [-0.3, -0.25) is 0 Å². The number of aromatic nitrogens is 2. The third-order valence-electron chi connectivity index (χ3n) is 5.36. The molecule has 0 N–H and O–H groups in total. The third-order valence-corrected chi connectivity index (χ3v) is 5.36. The van der Waals surface area contributed by atoms with Crippen LogP contribution >= 0.6 is 0 Å². The molecule has 0 saturated carbocycles. The Labute approximate surface area is 171 Å². The first kappa shape index (κ1) is 18.3. The second-order valence-corrected chi connectivity index (χ2v) is 7.30. The maximum atomic E-state index is 12.5. The van der Waals surface area contributed by atoms with Crippen LogP contribution < -0.4 is 10.5 Å². The molecule has 5 rings (SSSR count). The van der Waals surface area contributed by atoms with Gasteiger partial charge in [0.15, 0.2) is 11.5 Å². The molecule has 1 saturated heterocycles. The van der Waals surface area contributed by atoms with Gasteiger partial charge in [0.2, 0.25) is 0 Å². The third kappa shape index (κ3) is 3.39. The largest absolute Gasteiger partial charge is 0.456 e. The monoisotopic (exact) mass is 401 g/mol. The van der Waals surface area contributed by atoms with E-state index in [-0.39, 0.29) is 12.3 Å². The van der Waals surface area contributed by atoms with Crippen LogP contribution in [0, 0.1) is 0 Å². The van der Waals surface area contributed by atoms with Gasteiger partial charge in [-0.2, -0.15) is 0 Å².